The average molecular weight is 276 g/mol. The third kappa shape index (κ3) is 3.50. The first-order chi connectivity index (χ1) is 9.37. The predicted molar refractivity (Wildman–Crippen MR) is 76.6 cm³/mol. The minimum absolute atomic E-state index is 0.198. The number of para-hydroxylation sites is 1. The highest BCUT2D eigenvalue weighted by molar-refractivity contribution is 5.95. The van der Waals surface area contributed by atoms with Crippen molar-refractivity contribution in [2.75, 3.05) is 24.5 Å². The van der Waals surface area contributed by atoms with Gasteiger partial charge in [0.1, 0.15) is 5.60 Å². The molecule has 0 aromatic heterocycles. The number of amides is 2. The Bertz CT molecular complexity index is 494. The van der Waals surface area contributed by atoms with Gasteiger partial charge in [-0.2, -0.15) is 0 Å². The number of nitrogens with zero attached hydrogens (tertiary/aromatic N) is 2. The van der Waals surface area contributed by atoms with E-state index in [9.17, 15) is 9.59 Å². The molecule has 0 bridgehead atoms. The van der Waals surface area contributed by atoms with Gasteiger partial charge in [0.25, 0.3) is 5.91 Å². The second-order valence-electron chi connectivity index (χ2n) is 5.78. The van der Waals surface area contributed by atoms with Crippen LogP contribution in [0.25, 0.3) is 0 Å². The van der Waals surface area contributed by atoms with Gasteiger partial charge in [0, 0.05) is 18.8 Å². The van der Waals surface area contributed by atoms with Gasteiger partial charge >= 0.3 is 6.09 Å². The molecule has 20 heavy (non-hydrogen) atoms. The first-order valence-corrected chi connectivity index (χ1v) is 6.70. The van der Waals surface area contributed by atoms with Gasteiger partial charge in [-0.05, 0) is 32.9 Å². The van der Waals surface area contributed by atoms with E-state index >= 15 is 0 Å². The van der Waals surface area contributed by atoms with Crippen molar-refractivity contribution in [1.82, 2.24) is 4.90 Å². The highest BCUT2D eigenvalue weighted by Crippen LogP contribution is 2.18. The van der Waals surface area contributed by atoms with Crippen LogP contribution >= 0.6 is 0 Å². The maximum atomic E-state index is 12.1. The lowest BCUT2D eigenvalue weighted by Crippen LogP contribution is -2.53. The monoisotopic (exact) mass is 276 g/mol. The van der Waals surface area contributed by atoms with Crippen molar-refractivity contribution in [2.45, 2.75) is 26.4 Å². The van der Waals surface area contributed by atoms with Gasteiger partial charge in [-0.1, -0.05) is 18.2 Å². The molecule has 2 amide bonds. The molecule has 1 heterocycles. The van der Waals surface area contributed by atoms with E-state index in [0.29, 0.717) is 13.1 Å². The van der Waals surface area contributed by atoms with Crippen LogP contribution in [0.5, 0.6) is 0 Å². The molecule has 108 valence electrons. The Kier molecular flexibility index (Phi) is 3.97. The molecule has 5 nitrogen and oxygen atoms in total. The molecule has 0 radical (unpaired) electrons. The van der Waals surface area contributed by atoms with Crippen LogP contribution in [0.1, 0.15) is 20.8 Å². The van der Waals surface area contributed by atoms with Crippen LogP contribution in [0.2, 0.25) is 0 Å². The third-order valence-electron chi connectivity index (χ3n) is 2.96. The molecule has 0 unspecified atom stereocenters. The molecule has 0 atom stereocenters. The summed E-state index contributed by atoms with van der Waals surface area (Å²) in [5.41, 5.74) is 0.401. The Hall–Kier alpha value is -2.04. The fourth-order valence-electron chi connectivity index (χ4n) is 2.04. The highest BCUT2D eigenvalue weighted by atomic mass is 16.6. The summed E-state index contributed by atoms with van der Waals surface area (Å²) in [4.78, 5) is 27.2. The molecular weight excluding hydrogens is 256 g/mol. The minimum atomic E-state index is -0.589. The standard InChI is InChI=1S/C15H20N2O3/c1-15(2,3)20-14(19)17-10-9-16(11-13(17)18)12-7-5-4-6-8-12/h4-8H,9-11H2,1-3H3. The summed E-state index contributed by atoms with van der Waals surface area (Å²) in [5, 5.41) is 0. The quantitative estimate of drug-likeness (QED) is 0.789. The minimum Gasteiger partial charge on any atom is -0.443 e. The van der Waals surface area contributed by atoms with Gasteiger partial charge in [-0.15, -0.1) is 0 Å². The molecule has 1 aromatic carbocycles. The van der Waals surface area contributed by atoms with E-state index in [-0.39, 0.29) is 12.5 Å². The first kappa shape index (κ1) is 14.4. The Morgan fingerprint density at radius 2 is 1.80 bits per heavy atom. The number of anilines is 1. The van der Waals surface area contributed by atoms with E-state index in [0.717, 1.165) is 5.69 Å². The van der Waals surface area contributed by atoms with E-state index < -0.39 is 11.7 Å². The van der Waals surface area contributed by atoms with E-state index in [1.54, 1.807) is 20.8 Å². The number of carbonyl (C=O) groups is 2. The van der Waals surface area contributed by atoms with Crippen molar-refractivity contribution in [3.63, 3.8) is 0 Å². The number of carbonyl (C=O) groups excluding carboxylic acids is 2. The molecule has 0 saturated carbocycles. The van der Waals surface area contributed by atoms with Crippen molar-refractivity contribution in [2.24, 2.45) is 0 Å². The Morgan fingerprint density at radius 1 is 1.15 bits per heavy atom. The number of imide groups is 1. The van der Waals surface area contributed by atoms with Crippen LogP contribution in [0.3, 0.4) is 0 Å². The predicted octanol–water partition coefficient (Wildman–Crippen LogP) is 2.27. The largest absolute Gasteiger partial charge is 0.443 e. The number of hydrogen-bond acceptors (Lipinski definition) is 4. The zero-order valence-corrected chi connectivity index (χ0v) is 12.1. The molecule has 1 fully saturated rings. The second kappa shape index (κ2) is 5.53. The summed E-state index contributed by atoms with van der Waals surface area (Å²) in [7, 11) is 0. The van der Waals surface area contributed by atoms with Crippen LogP contribution < -0.4 is 4.90 Å². The lowest BCUT2D eigenvalue weighted by atomic mass is 10.2. The molecule has 5 heteroatoms. The van der Waals surface area contributed by atoms with Crippen LogP contribution in [0, 0.1) is 0 Å². The van der Waals surface area contributed by atoms with Gasteiger partial charge in [0.2, 0.25) is 0 Å². The van der Waals surface area contributed by atoms with Gasteiger partial charge in [0.05, 0.1) is 6.54 Å². The summed E-state index contributed by atoms with van der Waals surface area (Å²) in [6.45, 7) is 6.53. The SMILES string of the molecule is CC(C)(C)OC(=O)N1CCN(c2ccccc2)CC1=O. The maximum Gasteiger partial charge on any atom is 0.417 e. The zero-order valence-electron chi connectivity index (χ0n) is 12.1. The molecule has 1 aliphatic rings. The molecule has 1 aliphatic heterocycles. The molecule has 0 spiro atoms. The summed E-state index contributed by atoms with van der Waals surface area (Å²) >= 11 is 0. The number of hydrogen-bond donors (Lipinski definition) is 0. The average Bonchev–Trinajstić information content (AvgIpc) is 2.37. The van der Waals surface area contributed by atoms with E-state index in [4.69, 9.17) is 4.74 Å². The lowest BCUT2D eigenvalue weighted by molar-refractivity contribution is -0.130. The first-order valence-electron chi connectivity index (χ1n) is 6.70. The van der Waals surface area contributed by atoms with E-state index in [1.807, 2.05) is 35.2 Å². The number of rotatable bonds is 1. The summed E-state index contributed by atoms with van der Waals surface area (Å²) in [5.74, 6) is -0.227. The third-order valence-corrected chi connectivity index (χ3v) is 2.96. The Morgan fingerprint density at radius 3 is 2.35 bits per heavy atom. The number of piperazine rings is 1. The highest BCUT2D eigenvalue weighted by Gasteiger charge is 2.31. The zero-order chi connectivity index (χ0) is 14.8. The molecular formula is C15H20N2O3. The van der Waals surface area contributed by atoms with Crippen molar-refractivity contribution in [3.8, 4) is 0 Å². The molecule has 0 N–H and O–H groups in total. The van der Waals surface area contributed by atoms with Crippen LogP contribution in [-0.2, 0) is 9.53 Å². The summed E-state index contributed by atoms with van der Waals surface area (Å²) < 4.78 is 5.24. The second-order valence-corrected chi connectivity index (χ2v) is 5.78. The van der Waals surface area contributed by atoms with Gasteiger partial charge in [0.15, 0.2) is 0 Å². The van der Waals surface area contributed by atoms with Crippen LogP contribution in [0.4, 0.5) is 10.5 Å². The fraction of sp³-hybridized carbons (Fsp3) is 0.467. The van der Waals surface area contributed by atoms with Crippen molar-refractivity contribution in [3.05, 3.63) is 30.3 Å². The van der Waals surface area contributed by atoms with Gasteiger partial charge in [-0.25, -0.2) is 9.69 Å². The Balaban J connectivity index is 2.00. The van der Waals surface area contributed by atoms with E-state index in [1.165, 1.54) is 4.90 Å². The Labute approximate surface area is 119 Å². The van der Waals surface area contributed by atoms with E-state index in [2.05, 4.69) is 0 Å². The topological polar surface area (TPSA) is 49.9 Å². The fourth-order valence-corrected chi connectivity index (χ4v) is 2.04. The van der Waals surface area contributed by atoms with Crippen LogP contribution in [0.15, 0.2) is 30.3 Å². The van der Waals surface area contributed by atoms with Crippen LogP contribution in [-0.4, -0.2) is 42.1 Å². The van der Waals surface area contributed by atoms with Gasteiger partial charge in [-0.3, -0.25) is 4.79 Å². The number of ether oxygens (including phenoxy) is 1. The molecule has 1 aromatic rings. The van der Waals surface area contributed by atoms with Crippen molar-refractivity contribution < 1.29 is 14.3 Å². The van der Waals surface area contributed by atoms with Crippen molar-refractivity contribution >= 4 is 17.7 Å². The normalized spacial score (nSPS) is 16.2. The smallest absolute Gasteiger partial charge is 0.417 e. The maximum absolute atomic E-state index is 12.1. The molecule has 2 rings (SSSR count). The van der Waals surface area contributed by atoms with Gasteiger partial charge < -0.3 is 9.64 Å². The molecule has 1 saturated heterocycles. The number of benzene rings is 1. The molecule has 0 aliphatic carbocycles. The summed E-state index contributed by atoms with van der Waals surface area (Å²) in [6, 6.07) is 9.70. The summed E-state index contributed by atoms with van der Waals surface area (Å²) in [6.07, 6.45) is -0.560. The lowest BCUT2D eigenvalue weighted by Gasteiger charge is -2.35. The van der Waals surface area contributed by atoms with Crippen molar-refractivity contribution in [1.29, 1.82) is 0 Å².